The molecule has 0 aliphatic heterocycles. The summed E-state index contributed by atoms with van der Waals surface area (Å²) in [6, 6.07) is 6.73. The van der Waals surface area contributed by atoms with Gasteiger partial charge in [0.25, 0.3) is 0 Å². The van der Waals surface area contributed by atoms with Crippen LogP contribution in [0, 0.1) is 0 Å². The highest BCUT2D eigenvalue weighted by atomic mass is 35.5. The van der Waals surface area contributed by atoms with Gasteiger partial charge < -0.3 is 19.4 Å². The Morgan fingerprint density at radius 1 is 1.24 bits per heavy atom. The molecular weight excluding hydrogens is 519 g/mol. The molecule has 12 heteroatoms. The molecule has 0 spiro atoms. The number of rotatable bonds is 10. The number of esters is 1. The number of ether oxygens (including phenoxy) is 2. The smallest absolute Gasteiger partial charge is 0.341 e. The molecule has 182 valence electrons. The van der Waals surface area contributed by atoms with Crippen LogP contribution in [0.3, 0.4) is 0 Å². The van der Waals surface area contributed by atoms with Crippen molar-refractivity contribution in [3.63, 3.8) is 0 Å². The van der Waals surface area contributed by atoms with Crippen LogP contribution < -0.4 is 10.1 Å². The van der Waals surface area contributed by atoms with Crippen LogP contribution in [0.15, 0.2) is 29.4 Å². The van der Waals surface area contributed by atoms with Gasteiger partial charge in [0.05, 0.1) is 22.9 Å². The Kier molecular flexibility index (Phi) is 9.24. The van der Waals surface area contributed by atoms with Crippen molar-refractivity contribution in [1.82, 2.24) is 14.8 Å². The van der Waals surface area contributed by atoms with Gasteiger partial charge in [-0.2, -0.15) is 0 Å². The summed E-state index contributed by atoms with van der Waals surface area (Å²) in [5, 5.41) is 13.2. The minimum atomic E-state index is -0.456. The van der Waals surface area contributed by atoms with Gasteiger partial charge in [-0.1, -0.05) is 41.9 Å². The Hall–Kier alpha value is -2.27. The van der Waals surface area contributed by atoms with Crippen LogP contribution in [0.5, 0.6) is 5.75 Å². The van der Waals surface area contributed by atoms with Crippen molar-refractivity contribution in [3.05, 3.63) is 50.6 Å². The van der Waals surface area contributed by atoms with Crippen molar-refractivity contribution < 1.29 is 19.1 Å². The first kappa shape index (κ1) is 26.3. The number of benzene rings is 1. The van der Waals surface area contributed by atoms with Crippen molar-refractivity contribution >= 4 is 63.2 Å². The SMILES string of the molecule is CCOC(=O)c1cc(CC)sc1NC(=O)CSc1nnc(C(C)Oc2cc(Cl)ccc2Cl)n1C. The molecule has 0 bridgehead atoms. The standard InChI is InChI=1S/C22H24Cl2N4O4S2/c1-5-14-10-15(21(30)31-6-2)20(34-14)25-18(29)11-33-22-27-26-19(28(22)4)12(3)32-17-9-13(23)7-8-16(17)24/h7-10,12H,5-6,11H2,1-4H3,(H,25,29). The maximum atomic E-state index is 12.6. The number of carbonyl (C=O) groups excluding carboxylic acids is 2. The number of thioether (sulfide) groups is 1. The second-order valence-electron chi connectivity index (χ2n) is 7.10. The second kappa shape index (κ2) is 11.9. The zero-order valence-electron chi connectivity index (χ0n) is 19.1. The number of hydrogen-bond donors (Lipinski definition) is 1. The molecule has 0 aliphatic carbocycles. The quantitative estimate of drug-likeness (QED) is 0.255. The highest BCUT2D eigenvalue weighted by Gasteiger charge is 2.21. The molecule has 3 rings (SSSR count). The van der Waals surface area contributed by atoms with Crippen LogP contribution in [0.25, 0.3) is 0 Å². The molecule has 0 saturated carbocycles. The lowest BCUT2D eigenvalue weighted by molar-refractivity contribution is -0.113. The van der Waals surface area contributed by atoms with Crippen LogP contribution in [0.4, 0.5) is 5.00 Å². The molecule has 8 nitrogen and oxygen atoms in total. The Morgan fingerprint density at radius 2 is 2.00 bits per heavy atom. The van der Waals surface area contributed by atoms with Crippen LogP contribution in [-0.2, 0) is 23.0 Å². The van der Waals surface area contributed by atoms with E-state index in [2.05, 4.69) is 15.5 Å². The lowest BCUT2D eigenvalue weighted by Gasteiger charge is -2.15. The summed E-state index contributed by atoms with van der Waals surface area (Å²) in [4.78, 5) is 25.8. The molecule has 1 amide bonds. The number of nitrogens with one attached hydrogen (secondary N) is 1. The molecule has 34 heavy (non-hydrogen) atoms. The van der Waals surface area contributed by atoms with Gasteiger partial charge >= 0.3 is 5.97 Å². The van der Waals surface area contributed by atoms with E-state index in [1.165, 1.54) is 23.1 Å². The number of carbonyl (C=O) groups is 2. The van der Waals surface area contributed by atoms with Gasteiger partial charge in [0.15, 0.2) is 17.1 Å². The van der Waals surface area contributed by atoms with E-state index < -0.39 is 12.1 Å². The van der Waals surface area contributed by atoms with Crippen LogP contribution in [0.1, 0.15) is 47.9 Å². The highest BCUT2D eigenvalue weighted by molar-refractivity contribution is 7.99. The van der Waals surface area contributed by atoms with E-state index in [-0.39, 0.29) is 18.3 Å². The van der Waals surface area contributed by atoms with Crippen molar-refractivity contribution in [1.29, 1.82) is 0 Å². The number of nitrogens with zero attached hydrogens (tertiary/aromatic N) is 3. The van der Waals surface area contributed by atoms with E-state index in [4.69, 9.17) is 32.7 Å². The third-order valence-electron chi connectivity index (χ3n) is 4.64. The molecule has 3 aromatic rings. The number of halogens is 2. The Morgan fingerprint density at radius 3 is 2.71 bits per heavy atom. The minimum absolute atomic E-state index is 0.0863. The van der Waals surface area contributed by atoms with E-state index in [1.54, 1.807) is 42.8 Å². The Labute approximate surface area is 215 Å². The highest BCUT2D eigenvalue weighted by Crippen LogP contribution is 2.32. The summed E-state index contributed by atoms with van der Waals surface area (Å²) >= 11 is 14.8. The fourth-order valence-electron chi connectivity index (χ4n) is 2.98. The van der Waals surface area contributed by atoms with Gasteiger partial charge in [-0.05, 0) is 38.5 Å². The van der Waals surface area contributed by atoms with Gasteiger partial charge in [-0.25, -0.2) is 4.79 Å². The third-order valence-corrected chi connectivity index (χ3v) is 7.40. The monoisotopic (exact) mass is 542 g/mol. The lowest BCUT2D eigenvalue weighted by atomic mass is 10.2. The summed E-state index contributed by atoms with van der Waals surface area (Å²) in [7, 11) is 1.79. The third kappa shape index (κ3) is 6.44. The largest absolute Gasteiger partial charge is 0.481 e. The van der Waals surface area contributed by atoms with E-state index in [0.29, 0.717) is 37.3 Å². The van der Waals surface area contributed by atoms with Crippen molar-refractivity contribution in [2.24, 2.45) is 7.05 Å². The maximum absolute atomic E-state index is 12.6. The predicted octanol–water partition coefficient (Wildman–Crippen LogP) is 5.79. The summed E-state index contributed by atoms with van der Waals surface area (Å²) in [5.41, 5.74) is 0.369. The molecule has 1 unspecified atom stereocenters. The van der Waals surface area contributed by atoms with Crippen LogP contribution >= 0.6 is 46.3 Å². The Balaban J connectivity index is 1.63. The molecule has 0 fully saturated rings. The first-order valence-corrected chi connectivity index (χ1v) is 13.0. The second-order valence-corrected chi connectivity index (χ2v) is 10.0. The maximum Gasteiger partial charge on any atom is 0.341 e. The van der Waals surface area contributed by atoms with Gasteiger partial charge in [0, 0.05) is 23.0 Å². The first-order valence-electron chi connectivity index (χ1n) is 10.5. The average Bonchev–Trinajstić information content (AvgIpc) is 3.38. The number of amides is 1. The molecule has 1 N–H and O–H groups in total. The molecule has 0 aliphatic rings. The lowest BCUT2D eigenvalue weighted by Crippen LogP contribution is -2.16. The summed E-state index contributed by atoms with van der Waals surface area (Å²) < 4.78 is 12.8. The molecular formula is C22H24Cl2N4O4S2. The van der Waals surface area contributed by atoms with Gasteiger partial charge in [-0.3, -0.25) is 4.79 Å². The fourth-order valence-corrected chi connectivity index (χ4v) is 5.02. The molecule has 2 aromatic heterocycles. The Bertz CT molecular complexity index is 1180. The van der Waals surface area contributed by atoms with Crippen LogP contribution in [0.2, 0.25) is 10.0 Å². The van der Waals surface area contributed by atoms with E-state index in [0.717, 1.165) is 11.3 Å². The number of anilines is 1. The summed E-state index contributed by atoms with van der Waals surface area (Å²) in [5.74, 6) is 0.378. The van der Waals surface area contributed by atoms with Crippen molar-refractivity contribution in [2.45, 2.75) is 38.5 Å². The fraction of sp³-hybridized carbons (Fsp3) is 0.364. The first-order chi connectivity index (χ1) is 16.2. The molecule has 2 heterocycles. The minimum Gasteiger partial charge on any atom is -0.481 e. The molecule has 0 radical (unpaired) electrons. The number of hydrogen-bond acceptors (Lipinski definition) is 8. The number of thiophene rings is 1. The van der Waals surface area contributed by atoms with Crippen molar-refractivity contribution in [3.8, 4) is 5.75 Å². The number of aromatic nitrogens is 3. The molecule has 1 aromatic carbocycles. The summed E-state index contributed by atoms with van der Waals surface area (Å²) in [6.07, 6.45) is 0.298. The van der Waals surface area contributed by atoms with E-state index in [9.17, 15) is 9.59 Å². The van der Waals surface area contributed by atoms with E-state index in [1.807, 2.05) is 13.8 Å². The van der Waals surface area contributed by atoms with E-state index >= 15 is 0 Å². The average molecular weight is 543 g/mol. The predicted molar refractivity (Wildman–Crippen MR) is 136 cm³/mol. The molecule has 1 atom stereocenters. The van der Waals surface area contributed by atoms with Gasteiger partial charge in [0.1, 0.15) is 10.8 Å². The van der Waals surface area contributed by atoms with Crippen molar-refractivity contribution in [2.75, 3.05) is 17.7 Å². The normalized spacial score (nSPS) is 11.8. The zero-order valence-corrected chi connectivity index (χ0v) is 22.2. The number of aryl methyl sites for hydroxylation is 1. The van der Waals surface area contributed by atoms with Gasteiger partial charge in [-0.15, -0.1) is 21.5 Å². The molecule has 0 saturated heterocycles. The topological polar surface area (TPSA) is 95.3 Å². The summed E-state index contributed by atoms with van der Waals surface area (Å²) in [6.45, 7) is 5.81. The van der Waals surface area contributed by atoms with Crippen LogP contribution in [-0.4, -0.2) is 39.0 Å². The van der Waals surface area contributed by atoms with Gasteiger partial charge in [0.2, 0.25) is 5.91 Å². The zero-order chi connectivity index (χ0) is 24.8.